The Hall–Kier alpha value is -1.26. The van der Waals surface area contributed by atoms with E-state index in [-0.39, 0.29) is 10.8 Å². The number of esters is 1. The largest absolute Gasteiger partial charge is 0.506 e. The van der Waals surface area contributed by atoms with E-state index >= 15 is 0 Å². The maximum Gasteiger partial charge on any atom is 0.338 e. The summed E-state index contributed by atoms with van der Waals surface area (Å²) in [7, 11) is 0. The summed E-state index contributed by atoms with van der Waals surface area (Å²) in [4.78, 5) is 14.3. The second-order valence-corrected chi connectivity index (χ2v) is 5.76. The molecule has 0 saturated heterocycles. The third kappa shape index (κ3) is 6.67. The molecule has 22 heavy (non-hydrogen) atoms. The normalized spacial score (nSPS) is 10.9. The molecule has 0 amide bonds. The van der Waals surface area contributed by atoms with Crippen LogP contribution >= 0.6 is 11.6 Å². The summed E-state index contributed by atoms with van der Waals surface area (Å²) in [6.07, 6.45) is 4.64. The lowest BCUT2D eigenvalue weighted by molar-refractivity contribution is 0.0460. The number of ether oxygens (including phenoxy) is 1. The van der Waals surface area contributed by atoms with Crippen molar-refractivity contribution in [1.29, 1.82) is 0 Å². The Labute approximate surface area is 138 Å². The average Bonchev–Trinajstić information content (AvgIpc) is 2.51. The Morgan fingerprint density at radius 1 is 1.18 bits per heavy atom. The van der Waals surface area contributed by atoms with E-state index in [0.29, 0.717) is 12.2 Å². The Bertz CT molecular complexity index is 457. The van der Waals surface area contributed by atoms with Crippen molar-refractivity contribution < 1.29 is 14.6 Å². The number of benzene rings is 1. The van der Waals surface area contributed by atoms with Crippen molar-refractivity contribution in [2.75, 3.05) is 26.2 Å². The number of phenolic OH excluding ortho intramolecular Hbond substituents is 1. The van der Waals surface area contributed by atoms with Gasteiger partial charge in [0.25, 0.3) is 0 Å². The van der Waals surface area contributed by atoms with Crippen molar-refractivity contribution in [3.63, 3.8) is 0 Å². The molecule has 0 aliphatic rings. The van der Waals surface area contributed by atoms with Crippen molar-refractivity contribution in [1.82, 2.24) is 4.90 Å². The molecule has 1 rings (SSSR count). The Kier molecular flexibility index (Phi) is 8.94. The number of nitrogens with zero attached hydrogens (tertiary/aromatic N) is 1. The van der Waals surface area contributed by atoms with E-state index < -0.39 is 5.97 Å². The summed E-state index contributed by atoms with van der Waals surface area (Å²) in [5.74, 6) is -0.448. The van der Waals surface area contributed by atoms with Gasteiger partial charge < -0.3 is 9.84 Å². The molecule has 0 aliphatic heterocycles. The highest BCUT2D eigenvalue weighted by atomic mass is 35.5. The molecule has 0 atom stereocenters. The molecule has 1 aromatic rings. The van der Waals surface area contributed by atoms with Gasteiger partial charge in [0.1, 0.15) is 12.4 Å². The number of unbranched alkanes of at least 4 members (excludes halogenated alkanes) is 2. The van der Waals surface area contributed by atoms with E-state index in [2.05, 4.69) is 18.7 Å². The number of aromatic hydroxyl groups is 1. The highest BCUT2D eigenvalue weighted by Crippen LogP contribution is 2.23. The number of carbonyl (C=O) groups is 1. The minimum absolute atomic E-state index is 0.0384. The molecule has 0 radical (unpaired) electrons. The zero-order valence-corrected chi connectivity index (χ0v) is 14.2. The fourth-order valence-electron chi connectivity index (χ4n) is 2.08. The molecule has 0 heterocycles. The summed E-state index contributed by atoms with van der Waals surface area (Å²) in [5, 5.41) is 9.50. The molecule has 0 unspecified atom stereocenters. The lowest BCUT2D eigenvalue weighted by atomic mass is 10.2. The second-order valence-electron chi connectivity index (χ2n) is 5.35. The van der Waals surface area contributed by atoms with Crippen molar-refractivity contribution in [3.8, 4) is 5.75 Å². The molecule has 4 nitrogen and oxygen atoms in total. The number of hydrogen-bond acceptors (Lipinski definition) is 4. The van der Waals surface area contributed by atoms with Crippen LogP contribution in [0.5, 0.6) is 5.75 Å². The molecular weight excluding hydrogens is 302 g/mol. The van der Waals surface area contributed by atoms with Crippen LogP contribution in [0.15, 0.2) is 18.2 Å². The van der Waals surface area contributed by atoms with Crippen LogP contribution < -0.4 is 0 Å². The topological polar surface area (TPSA) is 49.8 Å². The van der Waals surface area contributed by atoms with Gasteiger partial charge in [0.05, 0.1) is 10.6 Å². The van der Waals surface area contributed by atoms with Gasteiger partial charge in [-0.15, -0.1) is 0 Å². The molecule has 5 heteroatoms. The molecule has 0 aliphatic carbocycles. The molecule has 1 N–H and O–H groups in total. The van der Waals surface area contributed by atoms with Gasteiger partial charge in [0, 0.05) is 6.54 Å². The van der Waals surface area contributed by atoms with E-state index in [1.54, 1.807) is 0 Å². The molecular formula is C17H26ClNO3. The third-order valence-corrected chi connectivity index (χ3v) is 3.78. The Morgan fingerprint density at radius 3 is 2.36 bits per heavy atom. The van der Waals surface area contributed by atoms with Gasteiger partial charge in [-0.2, -0.15) is 0 Å². The van der Waals surface area contributed by atoms with E-state index in [9.17, 15) is 9.90 Å². The number of halogens is 1. The van der Waals surface area contributed by atoms with E-state index in [1.807, 2.05) is 0 Å². The first kappa shape index (κ1) is 18.8. The van der Waals surface area contributed by atoms with Gasteiger partial charge in [-0.05, 0) is 44.1 Å². The van der Waals surface area contributed by atoms with Crippen molar-refractivity contribution in [3.05, 3.63) is 28.8 Å². The smallest absolute Gasteiger partial charge is 0.338 e. The van der Waals surface area contributed by atoms with Crippen LogP contribution in [-0.4, -0.2) is 42.2 Å². The Morgan fingerprint density at radius 2 is 1.82 bits per heavy atom. The van der Waals surface area contributed by atoms with Gasteiger partial charge in [-0.25, -0.2) is 4.79 Å². The predicted molar refractivity (Wildman–Crippen MR) is 89.7 cm³/mol. The van der Waals surface area contributed by atoms with Crippen LogP contribution in [0.4, 0.5) is 0 Å². The zero-order chi connectivity index (χ0) is 16.4. The zero-order valence-electron chi connectivity index (χ0n) is 13.5. The first-order valence-corrected chi connectivity index (χ1v) is 8.34. The molecule has 0 spiro atoms. The molecule has 1 aromatic carbocycles. The fraction of sp³-hybridized carbons (Fsp3) is 0.588. The third-order valence-electron chi connectivity index (χ3n) is 3.48. The van der Waals surface area contributed by atoms with Gasteiger partial charge in [0.2, 0.25) is 0 Å². The maximum atomic E-state index is 11.9. The molecule has 0 saturated carbocycles. The number of rotatable bonds is 10. The van der Waals surface area contributed by atoms with Crippen LogP contribution in [0.3, 0.4) is 0 Å². The number of phenols is 1. The van der Waals surface area contributed by atoms with Crippen LogP contribution in [0.25, 0.3) is 0 Å². The van der Waals surface area contributed by atoms with E-state index in [1.165, 1.54) is 18.2 Å². The second kappa shape index (κ2) is 10.5. The minimum atomic E-state index is -0.409. The lowest BCUT2D eigenvalue weighted by Gasteiger charge is -2.21. The van der Waals surface area contributed by atoms with Gasteiger partial charge in [-0.1, -0.05) is 38.3 Å². The quantitative estimate of drug-likeness (QED) is 0.657. The molecule has 0 fully saturated rings. The molecule has 124 valence electrons. The van der Waals surface area contributed by atoms with Crippen molar-refractivity contribution in [2.45, 2.75) is 39.5 Å². The standard InChI is InChI=1S/C17H26ClNO3/c1-3-5-9-19(10-6-4-2)11-12-22-17(21)14-7-8-16(20)15(18)13-14/h7-8,13,20H,3-6,9-12H2,1-2H3. The summed E-state index contributed by atoms with van der Waals surface area (Å²) in [6, 6.07) is 4.33. The van der Waals surface area contributed by atoms with Crippen LogP contribution in [0.2, 0.25) is 5.02 Å². The highest BCUT2D eigenvalue weighted by Gasteiger charge is 2.11. The van der Waals surface area contributed by atoms with Gasteiger partial charge >= 0.3 is 5.97 Å². The summed E-state index contributed by atoms with van der Waals surface area (Å²) < 4.78 is 5.29. The lowest BCUT2D eigenvalue weighted by Crippen LogP contribution is -2.30. The number of hydrogen-bond donors (Lipinski definition) is 1. The number of carbonyl (C=O) groups excluding carboxylic acids is 1. The molecule has 0 bridgehead atoms. The van der Waals surface area contributed by atoms with Gasteiger partial charge in [0.15, 0.2) is 0 Å². The SMILES string of the molecule is CCCCN(CCCC)CCOC(=O)c1ccc(O)c(Cl)c1. The first-order valence-electron chi connectivity index (χ1n) is 7.96. The predicted octanol–water partition coefficient (Wildman–Crippen LogP) is 4.10. The van der Waals surface area contributed by atoms with Crippen LogP contribution in [0.1, 0.15) is 49.9 Å². The summed E-state index contributed by atoms with van der Waals surface area (Å²) >= 11 is 5.79. The van der Waals surface area contributed by atoms with Crippen molar-refractivity contribution >= 4 is 17.6 Å². The average molecular weight is 328 g/mol. The highest BCUT2D eigenvalue weighted by molar-refractivity contribution is 6.32. The van der Waals surface area contributed by atoms with Crippen molar-refractivity contribution in [2.24, 2.45) is 0 Å². The fourth-order valence-corrected chi connectivity index (χ4v) is 2.26. The summed E-state index contributed by atoms with van der Waals surface area (Å²) in [6.45, 7) is 7.54. The summed E-state index contributed by atoms with van der Waals surface area (Å²) in [5.41, 5.74) is 0.358. The maximum absolute atomic E-state index is 11.9. The molecule has 0 aromatic heterocycles. The minimum Gasteiger partial charge on any atom is -0.506 e. The monoisotopic (exact) mass is 327 g/mol. The van der Waals surface area contributed by atoms with E-state index in [0.717, 1.165) is 45.3 Å². The van der Waals surface area contributed by atoms with Crippen LogP contribution in [-0.2, 0) is 4.74 Å². The first-order chi connectivity index (χ1) is 10.6. The van der Waals surface area contributed by atoms with E-state index in [4.69, 9.17) is 16.3 Å². The van der Waals surface area contributed by atoms with Gasteiger partial charge in [-0.3, -0.25) is 4.90 Å². The van der Waals surface area contributed by atoms with Crippen LogP contribution in [0, 0.1) is 0 Å². The Balaban J connectivity index is 2.42.